The minimum Gasteiger partial charge on any atom is -0.497 e. The molecule has 1 atom stereocenters. The largest absolute Gasteiger partial charge is 0.497 e. The van der Waals surface area contributed by atoms with Gasteiger partial charge in [-0.1, -0.05) is 12.1 Å². The molecule has 0 saturated carbocycles. The molecular weight excluding hydrogens is 257 g/mol. The molecule has 0 bridgehead atoms. The molecule has 1 unspecified atom stereocenters. The molecule has 0 aliphatic heterocycles. The molecule has 106 valence electrons. The van der Waals surface area contributed by atoms with Gasteiger partial charge >= 0.3 is 0 Å². The molecule has 0 aromatic heterocycles. The van der Waals surface area contributed by atoms with Crippen molar-refractivity contribution in [2.45, 2.75) is 13.0 Å². The van der Waals surface area contributed by atoms with Crippen molar-refractivity contribution in [1.82, 2.24) is 0 Å². The maximum absolute atomic E-state index is 13.7. The Kier molecular flexibility index (Phi) is 4.45. The summed E-state index contributed by atoms with van der Waals surface area (Å²) >= 11 is 0. The number of hydrogen-bond acceptors (Lipinski definition) is 3. The van der Waals surface area contributed by atoms with Gasteiger partial charge in [0.1, 0.15) is 5.75 Å². The van der Waals surface area contributed by atoms with Crippen molar-refractivity contribution in [2.24, 2.45) is 0 Å². The van der Waals surface area contributed by atoms with Crippen LogP contribution in [0.2, 0.25) is 0 Å². The van der Waals surface area contributed by atoms with Gasteiger partial charge in [-0.3, -0.25) is 0 Å². The van der Waals surface area contributed by atoms with E-state index in [2.05, 4.69) is 5.32 Å². The summed E-state index contributed by atoms with van der Waals surface area (Å²) in [5, 5.41) is 3.31. The van der Waals surface area contributed by atoms with Crippen LogP contribution in [0.1, 0.15) is 18.5 Å². The molecule has 2 aromatic rings. The molecule has 0 radical (unpaired) electrons. The average Bonchev–Trinajstić information content (AvgIpc) is 2.47. The highest BCUT2D eigenvalue weighted by atomic mass is 19.1. The molecule has 2 rings (SSSR count). The lowest BCUT2D eigenvalue weighted by Crippen LogP contribution is -2.07. The fourth-order valence-corrected chi connectivity index (χ4v) is 2.00. The molecule has 0 aliphatic carbocycles. The van der Waals surface area contributed by atoms with Crippen molar-refractivity contribution in [3.8, 4) is 11.5 Å². The number of hydrogen-bond donors (Lipinski definition) is 1. The zero-order valence-electron chi connectivity index (χ0n) is 11.8. The van der Waals surface area contributed by atoms with E-state index in [9.17, 15) is 4.39 Å². The Morgan fingerprint density at radius 1 is 1.05 bits per heavy atom. The normalized spacial score (nSPS) is 11.8. The first kappa shape index (κ1) is 14.2. The fourth-order valence-electron chi connectivity index (χ4n) is 2.00. The lowest BCUT2D eigenvalue weighted by atomic mass is 10.1. The van der Waals surface area contributed by atoms with E-state index in [1.807, 2.05) is 37.3 Å². The van der Waals surface area contributed by atoms with Crippen LogP contribution in [0.3, 0.4) is 0 Å². The van der Waals surface area contributed by atoms with Gasteiger partial charge in [-0.25, -0.2) is 4.39 Å². The zero-order chi connectivity index (χ0) is 14.5. The number of halogens is 1. The van der Waals surface area contributed by atoms with E-state index in [-0.39, 0.29) is 17.6 Å². The van der Waals surface area contributed by atoms with Gasteiger partial charge in [0.15, 0.2) is 11.6 Å². The molecule has 2 aromatic carbocycles. The summed E-state index contributed by atoms with van der Waals surface area (Å²) in [7, 11) is 3.08. The lowest BCUT2D eigenvalue weighted by Gasteiger charge is -2.17. The third-order valence-corrected chi connectivity index (χ3v) is 3.13. The van der Waals surface area contributed by atoms with Crippen LogP contribution in [0.25, 0.3) is 0 Å². The summed E-state index contributed by atoms with van der Waals surface area (Å²) < 4.78 is 23.8. The van der Waals surface area contributed by atoms with E-state index in [0.717, 1.165) is 17.0 Å². The monoisotopic (exact) mass is 275 g/mol. The molecule has 0 heterocycles. The molecule has 3 nitrogen and oxygen atoms in total. The highest BCUT2D eigenvalue weighted by Gasteiger charge is 2.09. The maximum Gasteiger partial charge on any atom is 0.165 e. The van der Waals surface area contributed by atoms with Crippen LogP contribution in [0, 0.1) is 5.82 Å². The molecule has 0 amide bonds. The number of ether oxygens (including phenoxy) is 2. The average molecular weight is 275 g/mol. The van der Waals surface area contributed by atoms with Gasteiger partial charge in [-0.2, -0.15) is 0 Å². The van der Waals surface area contributed by atoms with Crippen LogP contribution in [0.5, 0.6) is 11.5 Å². The van der Waals surface area contributed by atoms with Crippen molar-refractivity contribution in [3.05, 3.63) is 53.8 Å². The van der Waals surface area contributed by atoms with Gasteiger partial charge in [0.25, 0.3) is 0 Å². The number of benzene rings is 2. The summed E-state index contributed by atoms with van der Waals surface area (Å²) in [6.07, 6.45) is 0. The summed E-state index contributed by atoms with van der Waals surface area (Å²) in [4.78, 5) is 0. The van der Waals surface area contributed by atoms with Gasteiger partial charge in [-0.15, -0.1) is 0 Å². The molecule has 0 spiro atoms. The van der Waals surface area contributed by atoms with Crippen LogP contribution < -0.4 is 14.8 Å². The molecule has 0 aliphatic rings. The minimum absolute atomic E-state index is 0.0255. The van der Waals surface area contributed by atoms with Crippen LogP contribution in [-0.4, -0.2) is 14.2 Å². The van der Waals surface area contributed by atoms with Crippen LogP contribution in [0.15, 0.2) is 42.5 Å². The Labute approximate surface area is 118 Å². The lowest BCUT2D eigenvalue weighted by molar-refractivity contribution is 0.386. The smallest absolute Gasteiger partial charge is 0.165 e. The predicted octanol–water partition coefficient (Wildman–Crippen LogP) is 4.02. The third-order valence-electron chi connectivity index (χ3n) is 3.13. The number of nitrogens with one attached hydrogen (secondary N) is 1. The molecular formula is C16H18FNO2. The van der Waals surface area contributed by atoms with Crippen molar-refractivity contribution in [2.75, 3.05) is 19.5 Å². The topological polar surface area (TPSA) is 30.5 Å². The Morgan fingerprint density at radius 2 is 1.85 bits per heavy atom. The Bertz CT molecular complexity index is 586. The summed E-state index contributed by atoms with van der Waals surface area (Å²) in [6, 6.07) is 12.6. The number of anilines is 1. The van der Waals surface area contributed by atoms with E-state index in [1.165, 1.54) is 13.2 Å². The van der Waals surface area contributed by atoms with Gasteiger partial charge in [0.2, 0.25) is 0 Å². The first-order valence-electron chi connectivity index (χ1n) is 6.38. The predicted molar refractivity (Wildman–Crippen MR) is 78.0 cm³/mol. The second kappa shape index (κ2) is 6.28. The highest BCUT2D eigenvalue weighted by Crippen LogP contribution is 2.25. The van der Waals surface area contributed by atoms with Crippen LogP contribution >= 0.6 is 0 Å². The number of rotatable bonds is 5. The van der Waals surface area contributed by atoms with Crippen molar-refractivity contribution in [3.63, 3.8) is 0 Å². The molecule has 1 N–H and O–H groups in total. The van der Waals surface area contributed by atoms with Gasteiger partial charge in [-0.05, 0) is 36.8 Å². The van der Waals surface area contributed by atoms with Gasteiger partial charge in [0.05, 0.1) is 14.2 Å². The number of methoxy groups -OCH3 is 2. The molecule has 4 heteroatoms. The Morgan fingerprint density at radius 3 is 2.50 bits per heavy atom. The van der Waals surface area contributed by atoms with Crippen molar-refractivity contribution in [1.29, 1.82) is 0 Å². The van der Waals surface area contributed by atoms with E-state index in [1.54, 1.807) is 13.2 Å². The third kappa shape index (κ3) is 3.20. The molecule has 20 heavy (non-hydrogen) atoms. The van der Waals surface area contributed by atoms with E-state index >= 15 is 0 Å². The van der Waals surface area contributed by atoms with Crippen LogP contribution in [-0.2, 0) is 0 Å². The summed E-state index contributed by atoms with van der Waals surface area (Å²) in [5.74, 6) is 0.676. The van der Waals surface area contributed by atoms with E-state index in [0.29, 0.717) is 0 Å². The Balaban J connectivity index is 2.14. The summed E-state index contributed by atoms with van der Waals surface area (Å²) in [6.45, 7) is 1.97. The SMILES string of the molecule is COc1cccc(NC(C)c2ccc(OC)c(F)c2)c1. The van der Waals surface area contributed by atoms with Crippen molar-refractivity contribution >= 4 is 5.69 Å². The van der Waals surface area contributed by atoms with E-state index in [4.69, 9.17) is 9.47 Å². The first-order valence-corrected chi connectivity index (χ1v) is 6.38. The highest BCUT2D eigenvalue weighted by molar-refractivity contribution is 5.50. The van der Waals surface area contributed by atoms with E-state index < -0.39 is 0 Å². The minimum atomic E-state index is -0.357. The second-order valence-corrected chi connectivity index (χ2v) is 4.49. The zero-order valence-corrected chi connectivity index (χ0v) is 11.8. The van der Waals surface area contributed by atoms with Crippen LogP contribution in [0.4, 0.5) is 10.1 Å². The molecule has 0 saturated heterocycles. The molecule has 0 fully saturated rings. The summed E-state index contributed by atoms with van der Waals surface area (Å²) in [5.41, 5.74) is 1.78. The first-order chi connectivity index (χ1) is 9.63. The quantitative estimate of drug-likeness (QED) is 0.894. The fraction of sp³-hybridized carbons (Fsp3) is 0.250. The Hall–Kier alpha value is -2.23. The van der Waals surface area contributed by atoms with Gasteiger partial charge in [0, 0.05) is 17.8 Å². The van der Waals surface area contributed by atoms with Crippen molar-refractivity contribution < 1.29 is 13.9 Å². The van der Waals surface area contributed by atoms with Gasteiger partial charge < -0.3 is 14.8 Å². The standard InChI is InChI=1S/C16H18FNO2/c1-11(12-7-8-16(20-3)15(17)9-12)18-13-5-4-6-14(10-13)19-2/h4-11,18H,1-3H3. The second-order valence-electron chi connectivity index (χ2n) is 4.49. The maximum atomic E-state index is 13.7.